The number of hydrogen-bond donors (Lipinski definition) is 0. The van der Waals surface area contributed by atoms with Crippen LogP contribution in [0.2, 0.25) is 0 Å². The van der Waals surface area contributed by atoms with Gasteiger partial charge in [-0.05, 0) is 111 Å². The van der Waals surface area contributed by atoms with Gasteiger partial charge >= 0.3 is 0 Å². The molecule has 0 amide bonds. The predicted molar refractivity (Wildman–Crippen MR) is 222 cm³/mol. The van der Waals surface area contributed by atoms with Crippen LogP contribution in [-0.2, 0) is 5.41 Å². The molecule has 2 nitrogen and oxygen atoms in total. The summed E-state index contributed by atoms with van der Waals surface area (Å²) in [5.74, 6) is 0. The lowest BCUT2D eigenvalue weighted by Crippen LogP contribution is -2.14. The first-order chi connectivity index (χ1) is 26.0. The lowest BCUT2D eigenvalue weighted by atomic mass is 9.81. The minimum absolute atomic E-state index is 0.0699. The van der Waals surface area contributed by atoms with E-state index < -0.39 is 0 Å². The summed E-state index contributed by atoms with van der Waals surface area (Å²) in [7, 11) is 0. The van der Waals surface area contributed by atoms with Crippen LogP contribution in [0.15, 0.2) is 192 Å². The molecule has 0 aliphatic heterocycles. The largest absolute Gasteiger partial charge is 0.455 e. The summed E-state index contributed by atoms with van der Waals surface area (Å²) in [6.07, 6.45) is 0. The number of anilines is 3. The first-order valence-electron chi connectivity index (χ1n) is 18.3. The van der Waals surface area contributed by atoms with E-state index in [1.807, 2.05) is 6.07 Å². The van der Waals surface area contributed by atoms with Crippen molar-refractivity contribution >= 4 is 39.0 Å². The van der Waals surface area contributed by atoms with Gasteiger partial charge in [-0.15, -0.1) is 0 Å². The molecule has 0 N–H and O–H groups in total. The van der Waals surface area contributed by atoms with Crippen molar-refractivity contribution in [3.63, 3.8) is 0 Å². The molecule has 1 aliphatic rings. The molecule has 0 spiro atoms. The molecule has 0 bridgehead atoms. The number of nitrogens with zero attached hydrogens (tertiary/aromatic N) is 1. The molecule has 10 rings (SSSR count). The van der Waals surface area contributed by atoms with Crippen molar-refractivity contribution in [1.82, 2.24) is 0 Å². The van der Waals surface area contributed by atoms with E-state index >= 15 is 0 Å². The molecule has 0 fully saturated rings. The van der Waals surface area contributed by atoms with Crippen LogP contribution in [-0.4, -0.2) is 0 Å². The van der Waals surface area contributed by atoms with E-state index in [1.54, 1.807) is 0 Å². The zero-order valence-corrected chi connectivity index (χ0v) is 29.8. The maximum atomic E-state index is 6.63. The van der Waals surface area contributed by atoms with Gasteiger partial charge in [0, 0.05) is 38.8 Å². The van der Waals surface area contributed by atoms with Crippen molar-refractivity contribution in [3.8, 4) is 44.5 Å². The summed E-state index contributed by atoms with van der Waals surface area (Å²) in [6.45, 7) is 4.69. The third-order valence-electron chi connectivity index (χ3n) is 11.1. The molecule has 0 atom stereocenters. The van der Waals surface area contributed by atoms with Crippen molar-refractivity contribution in [1.29, 1.82) is 0 Å². The Morgan fingerprint density at radius 2 is 0.943 bits per heavy atom. The van der Waals surface area contributed by atoms with Gasteiger partial charge in [-0.25, -0.2) is 0 Å². The zero-order valence-electron chi connectivity index (χ0n) is 29.8. The number of furan rings is 1. The minimum atomic E-state index is -0.0699. The van der Waals surface area contributed by atoms with Crippen LogP contribution in [0, 0.1) is 0 Å². The van der Waals surface area contributed by atoms with E-state index in [9.17, 15) is 0 Å². The first kappa shape index (κ1) is 31.1. The van der Waals surface area contributed by atoms with E-state index in [2.05, 4.69) is 201 Å². The second kappa shape index (κ2) is 12.3. The van der Waals surface area contributed by atoms with Crippen LogP contribution >= 0.6 is 0 Å². The fraction of sp³-hybridized carbons (Fsp3) is 0.0588. The van der Waals surface area contributed by atoms with Crippen LogP contribution in [0.25, 0.3) is 66.4 Å². The Hall–Kier alpha value is -6.64. The molecule has 0 saturated carbocycles. The van der Waals surface area contributed by atoms with Gasteiger partial charge in [-0.1, -0.05) is 141 Å². The highest BCUT2D eigenvalue weighted by molar-refractivity contribution is 6.11. The number of benzene rings is 8. The Labute approximate surface area is 310 Å². The van der Waals surface area contributed by atoms with E-state index in [4.69, 9.17) is 4.42 Å². The summed E-state index contributed by atoms with van der Waals surface area (Å²) in [5.41, 5.74) is 17.5. The Bertz CT molecular complexity index is 2780. The maximum absolute atomic E-state index is 6.63. The molecule has 2 heteroatoms. The van der Waals surface area contributed by atoms with Crippen LogP contribution in [0.1, 0.15) is 25.0 Å². The standard InChI is InChI=1S/C51H37NO/c1-51(2)47-19-11-9-17-42(47)43-30-25-37(33-48(43)51)38-31-45(50-46(32-38)44-18-10-12-20-49(44)53-50)36-23-28-41(29-24-36)52(39-15-7-4-8-16-39)40-26-21-35(22-27-40)34-13-5-3-6-14-34/h3-33H,1-2H3. The third kappa shape index (κ3) is 5.18. The fourth-order valence-corrected chi connectivity index (χ4v) is 8.34. The Morgan fingerprint density at radius 3 is 1.70 bits per heavy atom. The van der Waals surface area contributed by atoms with Crippen LogP contribution in [0.5, 0.6) is 0 Å². The molecule has 8 aromatic carbocycles. The van der Waals surface area contributed by atoms with Gasteiger partial charge in [-0.3, -0.25) is 0 Å². The monoisotopic (exact) mass is 679 g/mol. The van der Waals surface area contributed by atoms with Gasteiger partial charge < -0.3 is 9.32 Å². The van der Waals surface area contributed by atoms with Gasteiger partial charge in [0.15, 0.2) is 0 Å². The molecule has 0 unspecified atom stereocenters. The Morgan fingerprint density at radius 1 is 0.377 bits per heavy atom. The third-order valence-corrected chi connectivity index (χ3v) is 11.1. The van der Waals surface area contributed by atoms with E-state index in [1.165, 1.54) is 44.5 Å². The predicted octanol–water partition coefficient (Wildman–Crippen LogP) is 14.4. The molecular formula is C51H37NO. The fourth-order valence-electron chi connectivity index (χ4n) is 8.34. The summed E-state index contributed by atoms with van der Waals surface area (Å²) in [4.78, 5) is 2.32. The highest BCUT2D eigenvalue weighted by Gasteiger charge is 2.35. The van der Waals surface area contributed by atoms with Gasteiger partial charge in [0.25, 0.3) is 0 Å². The first-order valence-corrected chi connectivity index (χ1v) is 18.3. The molecule has 1 aliphatic carbocycles. The lowest BCUT2D eigenvalue weighted by molar-refractivity contribution is 0.660. The van der Waals surface area contributed by atoms with Crippen molar-refractivity contribution in [3.05, 3.63) is 199 Å². The maximum Gasteiger partial charge on any atom is 0.143 e. The van der Waals surface area contributed by atoms with Gasteiger partial charge in [-0.2, -0.15) is 0 Å². The van der Waals surface area contributed by atoms with Crippen LogP contribution in [0.4, 0.5) is 17.1 Å². The summed E-state index contributed by atoms with van der Waals surface area (Å²) >= 11 is 0. The summed E-state index contributed by atoms with van der Waals surface area (Å²) < 4.78 is 6.63. The van der Waals surface area contributed by atoms with Gasteiger partial charge in [0.1, 0.15) is 11.2 Å². The van der Waals surface area contributed by atoms with Crippen LogP contribution < -0.4 is 4.90 Å². The highest BCUT2D eigenvalue weighted by atomic mass is 16.3. The Kier molecular flexibility index (Phi) is 7.19. The van der Waals surface area contributed by atoms with Crippen molar-refractivity contribution < 1.29 is 4.42 Å². The van der Waals surface area contributed by atoms with Gasteiger partial charge in [0.05, 0.1) is 0 Å². The van der Waals surface area contributed by atoms with Crippen LogP contribution in [0.3, 0.4) is 0 Å². The summed E-state index contributed by atoms with van der Waals surface area (Å²) in [5, 5.41) is 2.26. The zero-order chi connectivity index (χ0) is 35.5. The molecule has 9 aromatic rings. The Balaban J connectivity index is 1.08. The molecule has 53 heavy (non-hydrogen) atoms. The van der Waals surface area contributed by atoms with Crippen molar-refractivity contribution in [2.45, 2.75) is 19.3 Å². The van der Waals surface area contributed by atoms with Crippen molar-refractivity contribution in [2.75, 3.05) is 4.90 Å². The van der Waals surface area contributed by atoms with E-state index in [0.29, 0.717) is 0 Å². The molecular weight excluding hydrogens is 643 g/mol. The van der Waals surface area contributed by atoms with Gasteiger partial charge in [0.2, 0.25) is 0 Å². The smallest absolute Gasteiger partial charge is 0.143 e. The minimum Gasteiger partial charge on any atom is -0.455 e. The van der Waals surface area contributed by atoms with Crippen molar-refractivity contribution in [2.24, 2.45) is 0 Å². The highest BCUT2D eigenvalue weighted by Crippen LogP contribution is 2.50. The normalized spacial score (nSPS) is 12.9. The molecule has 252 valence electrons. The average Bonchev–Trinajstić information content (AvgIpc) is 3.71. The average molecular weight is 680 g/mol. The SMILES string of the molecule is CC1(C)c2ccccc2-c2ccc(-c3cc(-c4ccc(N(c5ccccc5)c5ccc(-c6ccccc6)cc5)cc4)c4oc5ccccc5c4c3)cc21. The van der Waals surface area contributed by atoms with E-state index in [0.717, 1.165) is 50.1 Å². The lowest BCUT2D eigenvalue weighted by Gasteiger charge is -2.26. The second-order valence-electron chi connectivity index (χ2n) is 14.6. The molecule has 1 aromatic heterocycles. The number of fused-ring (bicyclic) bond motifs is 6. The number of hydrogen-bond acceptors (Lipinski definition) is 2. The molecule has 0 radical (unpaired) electrons. The number of para-hydroxylation sites is 2. The number of rotatable bonds is 6. The molecule has 0 saturated heterocycles. The van der Waals surface area contributed by atoms with E-state index in [-0.39, 0.29) is 5.41 Å². The quantitative estimate of drug-likeness (QED) is 0.174. The summed E-state index contributed by atoms with van der Waals surface area (Å²) in [6, 6.07) is 67.7. The molecule has 1 heterocycles. The second-order valence-corrected chi connectivity index (χ2v) is 14.6. The topological polar surface area (TPSA) is 16.4 Å².